The zero-order chi connectivity index (χ0) is 16.2. The van der Waals surface area contributed by atoms with E-state index in [9.17, 15) is 12.8 Å². The van der Waals surface area contributed by atoms with Crippen molar-refractivity contribution < 1.29 is 12.8 Å². The molecule has 0 aromatic heterocycles. The second-order valence-corrected chi connectivity index (χ2v) is 7.42. The number of benzene rings is 1. The normalized spacial score (nSPS) is 17.3. The summed E-state index contributed by atoms with van der Waals surface area (Å²) < 4.78 is 40.6. The minimum Gasteiger partial charge on any atom is -0.291 e. The highest BCUT2D eigenvalue weighted by Crippen LogP contribution is 2.22. The Morgan fingerprint density at radius 2 is 2.09 bits per heavy atom. The number of halogens is 2. The quantitative estimate of drug-likeness (QED) is 0.828. The summed E-state index contributed by atoms with van der Waals surface area (Å²) in [6, 6.07) is 6.00. The van der Waals surface area contributed by atoms with Crippen molar-refractivity contribution in [3.63, 3.8) is 0 Å². The lowest BCUT2D eigenvalue weighted by molar-refractivity contribution is 0.204. The summed E-state index contributed by atoms with van der Waals surface area (Å²) in [6.07, 6.45) is 1.62. The molecule has 0 amide bonds. The van der Waals surface area contributed by atoms with Crippen LogP contribution in [0.1, 0.15) is 12.8 Å². The largest absolute Gasteiger partial charge is 0.291 e. The molecule has 1 saturated heterocycles. The van der Waals surface area contributed by atoms with Crippen molar-refractivity contribution in [1.29, 1.82) is 5.26 Å². The number of hydrogen-bond acceptors (Lipinski definition) is 4. The summed E-state index contributed by atoms with van der Waals surface area (Å²) in [5, 5.41) is 8.42. The van der Waals surface area contributed by atoms with Gasteiger partial charge in [0.15, 0.2) is 5.82 Å². The highest BCUT2D eigenvalue weighted by Gasteiger charge is 2.24. The third kappa shape index (κ3) is 4.17. The van der Waals surface area contributed by atoms with Crippen LogP contribution in [0.2, 0.25) is 5.02 Å². The highest BCUT2D eigenvalue weighted by atomic mass is 35.5. The van der Waals surface area contributed by atoms with E-state index < -0.39 is 20.7 Å². The summed E-state index contributed by atoms with van der Waals surface area (Å²) in [6.45, 7) is 2.19. The minimum atomic E-state index is -3.91. The topological polar surface area (TPSA) is 73.2 Å². The van der Waals surface area contributed by atoms with E-state index in [4.69, 9.17) is 16.9 Å². The van der Waals surface area contributed by atoms with Crippen molar-refractivity contribution >= 4 is 21.6 Å². The average molecular weight is 346 g/mol. The van der Waals surface area contributed by atoms with E-state index in [1.165, 1.54) is 18.2 Å². The van der Waals surface area contributed by atoms with Crippen LogP contribution in [0.4, 0.5) is 4.39 Å². The maximum Gasteiger partial charge on any atom is 0.243 e. The standard InChI is InChI=1S/C14H17ClFN3O2S/c15-12-2-1-3-13(14(12)16)22(20,21)18-10-11-4-7-19(8-5-11)9-6-17/h1-3,11,18H,4-5,7-10H2. The monoisotopic (exact) mass is 345 g/mol. The molecule has 1 aromatic rings. The first-order chi connectivity index (χ1) is 10.4. The summed E-state index contributed by atoms with van der Waals surface area (Å²) in [7, 11) is -3.91. The molecule has 120 valence electrons. The molecular weight excluding hydrogens is 329 g/mol. The second-order valence-electron chi connectivity index (χ2n) is 5.28. The van der Waals surface area contributed by atoms with Gasteiger partial charge in [0.05, 0.1) is 17.6 Å². The number of hydrogen-bond donors (Lipinski definition) is 1. The lowest BCUT2D eigenvalue weighted by Crippen LogP contribution is -2.38. The van der Waals surface area contributed by atoms with E-state index in [1.54, 1.807) is 0 Å². The SMILES string of the molecule is N#CCN1CCC(CNS(=O)(=O)c2cccc(Cl)c2F)CC1. The first kappa shape index (κ1) is 17.2. The smallest absolute Gasteiger partial charge is 0.243 e. The fraction of sp³-hybridized carbons (Fsp3) is 0.500. The van der Waals surface area contributed by atoms with E-state index in [0.717, 1.165) is 25.9 Å². The molecule has 8 heteroatoms. The number of nitrogens with one attached hydrogen (secondary N) is 1. The van der Waals surface area contributed by atoms with E-state index >= 15 is 0 Å². The first-order valence-electron chi connectivity index (χ1n) is 6.97. The van der Waals surface area contributed by atoms with Crippen LogP contribution in [0.3, 0.4) is 0 Å². The maximum atomic E-state index is 13.8. The van der Waals surface area contributed by atoms with Gasteiger partial charge < -0.3 is 0 Å². The van der Waals surface area contributed by atoms with Crippen LogP contribution in [-0.2, 0) is 10.0 Å². The van der Waals surface area contributed by atoms with Gasteiger partial charge in [-0.1, -0.05) is 17.7 Å². The molecule has 1 aromatic carbocycles. The van der Waals surface area contributed by atoms with Crippen LogP contribution in [0, 0.1) is 23.1 Å². The molecule has 2 rings (SSSR count). The van der Waals surface area contributed by atoms with Crippen LogP contribution in [0.5, 0.6) is 0 Å². The van der Waals surface area contributed by atoms with Gasteiger partial charge in [0.25, 0.3) is 0 Å². The van der Waals surface area contributed by atoms with Crippen molar-refractivity contribution in [2.45, 2.75) is 17.7 Å². The predicted octanol–water partition coefficient (Wildman–Crippen LogP) is 1.99. The average Bonchev–Trinajstić information content (AvgIpc) is 2.49. The summed E-state index contributed by atoms with van der Waals surface area (Å²) in [5.41, 5.74) is 0. The van der Waals surface area contributed by atoms with E-state index in [-0.39, 0.29) is 17.5 Å². The molecular formula is C14H17ClFN3O2S. The molecule has 1 aliphatic rings. The molecule has 1 N–H and O–H groups in total. The molecule has 0 spiro atoms. The Bertz CT molecular complexity index is 667. The Morgan fingerprint density at radius 1 is 1.41 bits per heavy atom. The molecule has 0 unspecified atom stereocenters. The fourth-order valence-corrected chi connectivity index (χ4v) is 3.89. The number of nitriles is 1. The Kier molecular flexibility index (Phi) is 5.75. The first-order valence-corrected chi connectivity index (χ1v) is 8.83. The molecule has 1 aliphatic heterocycles. The van der Waals surface area contributed by atoms with Crippen LogP contribution in [0.25, 0.3) is 0 Å². The fourth-order valence-electron chi connectivity index (χ4n) is 2.45. The van der Waals surface area contributed by atoms with Crippen molar-refractivity contribution in [2.24, 2.45) is 5.92 Å². The molecule has 0 bridgehead atoms. The van der Waals surface area contributed by atoms with Crippen LogP contribution in [-0.4, -0.2) is 39.5 Å². The van der Waals surface area contributed by atoms with E-state index in [2.05, 4.69) is 10.8 Å². The van der Waals surface area contributed by atoms with Crippen molar-refractivity contribution in [2.75, 3.05) is 26.2 Å². The summed E-state index contributed by atoms with van der Waals surface area (Å²) in [4.78, 5) is 1.60. The Morgan fingerprint density at radius 3 is 2.73 bits per heavy atom. The van der Waals surface area contributed by atoms with Gasteiger partial charge >= 0.3 is 0 Å². The van der Waals surface area contributed by atoms with Crippen molar-refractivity contribution in [3.8, 4) is 6.07 Å². The van der Waals surface area contributed by atoms with Crippen molar-refractivity contribution in [3.05, 3.63) is 29.0 Å². The second kappa shape index (κ2) is 7.38. The lowest BCUT2D eigenvalue weighted by Gasteiger charge is -2.30. The van der Waals surface area contributed by atoms with E-state index in [0.29, 0.717) is 6.54 Å². The molecule has 1 heterocycles. The van der Waals surface area contributed by atoms with Crippen LogP contribution < -0.4 is 4.72 Å². The molecule has 1 fully saturated rings. The number of piperidine rings is 1. The van der Waals surface area contributed by atoms with Gasteiger partial charge in [-0.3, -0.25) is 4.90 Å². The highest BCUT2D eigenvalue weighted by molar-refractivity contribution is 7.89. The van der Waals surface area contributed by atoms with Crippen LogP contribution in [0.15, 0.2) is 23.1 Å². The molecule has 0 saturated carbocycles. The molecule has 22 heavy (non-hydrogen) atoms. The molecule has 5 nitrogen and oxygen atoms in total. The molecule has 0 radical (unpaired) electrons. The number of rotatable bonds is 5. The van der Waals surface area contributed by atoms with Crippen molar-refractivity contribution in [1.82, 2.24) is 9.62 Å². The number of sulfonamides is 1. The van der Waals surface area contributed by atoms with Gasteiger partial charge in [-0.05, 0) is 44.0 Å². The zero-order valence-electron chi connectivity index (χ0n) is 11.9. The number of likely N-dealkylation sites (tertiary alicyclic amines) is 1. The Balaban J connectivity index is 1.94. The summed E-state index contributed by atoms with van der Waals surface area (Å²) in [5.74, 6) is -0.743. The third-order valence-electron chi connectivity index (χ3n) is 3.77. The van der Waals surface area contributed by atoms with Gasteiger partial charge in [0, 0.05) is 6.54 Å². The molecule has 0 atom stereocenters. The molecule has 0 aliphatic carbocycles. The van der Waals surface area contributed by atoms with Gasteiger partial charge in [0.1, 0.15) is 4.90 Å². The zero-order valence-corrected chi connectivity index (χ0v) is 13.5. The predicted molar refractivity (Wildman–Crippen MR) is 81.4 cm³/mol. The summed E-state index contributed by atoms with van der Waals surface area (Å²) >= 11 is 5.62. The van der Waals surface area contributed by atoms with Crippen LogP contribution >= 0.6 is 11.6 Å². The van der Waals surface area contributed by atoms with Gasteiger partial charge in [-0.15, -0.1) is 0 Å². The Hall–Kier alpha value is -1.20. The minimum absolute atomic E-state index is 0.187. The third-order valence-corrected chi connectivity index (χ3v) is 5.50. The van der Waals surface area contributed by atoms with Gasteiger partial charge in [0.2, 0.25) is 10.0 Å². The maximum absolute atomic E-state index is 13.8. The lowest BCUT2D eigenvalue weighted by atomic mass is 9.97. The van der Waals surface area contributed by atoms with Gasteiger partial charge in [-0.2, -0.15) is 5.26 Å². The van der Waals surface area contributed by atoms with E-state index in [1.807, 2.05) is 4.90 Å². The Labute approximate surface area is 134 Å². The van der Waals surface area contributed by atoms with Gasteiger partial charge in [-0.25, -0.2) is 17.5 Å². The number of nitrogens with zero attached hydrogens (tertiary/aromatic N) is 2.